The molecule has 0 heterocycles. The average Bonchev–Trinajstić information content (AvgIpc) is 2.23. The van der Waals surface area contributed by atoms with Crippen LogP contribution < -0.4 is 5.32 Å². The maximum Gasteiger partial charge on any atom is 0.0774 e. The Balaban J connectivity index is 1.82. The van der Waals surface area contributed by atoms with Crippen molar-refractivity contribution in [3.63, 3.8) is 0 Å². The van der Waals surface area contributed by atoms with Crippen molar-refractivity contribution in [3.05, 3.63) is 0 Å². The fourth-order valence-corrected chi connectivity index (χ4v) is 3.35. The van der Waals surface area contributed by atoms with Crippen LogP contribution in [0.5, 0.6) is 0 Å². The number of aliphatic hydroxyl groups excluding tert-OH is 1. The van der Waals surface area contributed by atoms with Crippen molar-refractivity contribution in [2.45, 2.75) is 70.6 Å². The molecule has 3 nitrogen and oxygen atoms in total. The predicted molar refractivity (Wildman–Crippen MR) is 68.8 cm³/mol. The van der Waals surface area contributed by atoms with Gasteiger partial charge in [0.05, 0.1) is 11.7 Å². The zero-order valence-electron chi connectivity index (χ0n) is 11.4. The molecule has 0 saturated heterocycles. The van der Waals surface area contributed by atoms with Crippen molar-refractivity contribution in [1.29, 1.82) is 0 Å². The number of hydrogen-bond acceptors (Lipinski definition) is 3. The lowest BCUT2D eigenvalue weighted by Crippen LogP contribution is -2.62. The largest absolute Gasteiger partial charge is 0.392 e. The van der Waals surface area contributed by atoms with Crippen molar-refractivity contribution in [2.75, 3.05) is 6.54 Å². The van der Waals surface area contributed by atoms with Crippen LogP contribution in [-0.2, 0) is 0 Å². The number of aliphatic hydroxyl groups is 2. The third kappa shape index (κ3) is 2.67. The van der Waals surface area contributed by atoms with Crippen LogP contribution in [0.4, 0.5) is 0 Å². The smallest absolute Gasteiger partial charge is 0.0774 e. The van der Waals surface area contributed by atoms with Gasteiger partial charge in [0.2, 0.25) is 0 Å². The van der Waals surface area contributed by atoms with Gasteiger partial charge in [0.1, 0.15) is 0 Å². The van der Waals surface area contributed by atoms with Crippen LogP contribution >= 0.6 is 0 Å². The molecule has 3 N–H and O–H groups in total. The fourth-order valence-electron chi connectivity index (χ4n) is 3.35. The monoisotopic (exact) mass is 241 g/mol. The standard InChI is InChI=1S/C14H27NO2/c1-10-5-4-6-14(17,8-10)9-15-11-7-12(16)13(11,2)3/h10-12,15-17H,4-9H2,1-3H3. The molecule has 0 aromatic heterocycles. The quantitative estimate of drug-likeness (QED) is 0.704. The molecular weight excluding hydrogens is 214 g/mol. The summed E-state index contributed by atoms with van der Waals surface area (Å²) in [6.07, 6.45) is 4.83. The normalized spacial score (nSPS) is 45.4. The first-order valence-corrected chi connectivity index (χ1v) is 6.97. The summed E-state index contributed by atoms with van der Waals surface area (Å²) in [7, 11) is 0. The molecule has 2 aliphatic rings. The Morgan fingerprint density at radius 2 is 2.06 bits per heavy atom. The number of hydrogen-bond donors (Lipinski definition) is 3. The van der Waals surface area contributed by atoms with Crippen LogP contribution in [-0.4, -0.2) is 34.5 Å². The van der Waals surface area contributed by atoms with Crippen LogP contribution in [0.25, 0.3) is 0 Å². The zero-order valence-corrected chi connectivity index (χ0v) is 11.4. The van der Waals surface area contributed by atoms with E-state index >= 15 is 0 Å². The van der Waals surface area contributed by atoms with Gasteiger partial charge in [-0.3, -0.25) is 0 Å². The molecule has 0 bridgehead atoms. The molecule has 0 aromatic carbocycles. The molecule has 2 fully saturated rings. The predicted octanol–water partition coefficient (Wildman–Crippen LogP) is 1.68. The maximum absolute atomic E-state index is 10.5. The second-order valence-corrected chi connectivity index (χ2v) is 6.93. The van der Waals surface area contributed by atoms with Crippen LogP contribution in [0.15, 0.2) is 0 Å². The van der Waals surface area contributed by atoms with Gasteiger partial charge in [-0.05, 0) is 25.2 Å². The zero-order chi connectivity index (χ0) is 12.7. The van der Waals surface area contributed by atoms with E-state index in [1.807, 2.05) is 0 Å². The van der Waals surface area contributed by atoms with Crippen molar-refractivity contribution in [2.24, 2.45) is 11.3 Å². The van der Waals surface area contributed by atoms with E-state index in [1.165, 1.54) is 6.42 Å². The Kier molecular flexibility index (Phi) is 3.54. The van der Waals surface area contributed by atoms with E-state index in [9.17, 15) is 10.2 Å². The van der Waals surface area contributed by atoms with E-state index in [0.717, 1.165) is 25.7 Å². The molecular formula is C14H27NO2. The highest BCUT2D eigenvalue weighted by molar-refractivity contribution is 5.02. The minimum absolute atomic E-state index is 0.0450. The molecule has 100 valence electrons. The van der Waals surface area contributed by atoms with Gasteiger partial charge in [0.15, 0.2) is 0 Å². The van der Waals surface area contributed by atoms with Crippen LogP contribution in [0.2, 0.25) is 0 Å². The van der Waals surface area contributed by atoms with Gasteiger partial charge in [-0.25, -0.2) is 0 Å². The van der Waals surface area contributed by atoms with Crippen molar-refractivity contribution in [1.82, 2.24) is 5.32 Å². The molecule has 4 unspecified atom stereocenters. The number of rotatable bonds is 3. The van der Waals surface area contributed by atoms with Crippen molar-refractivity contribution >= 4 is 0 Å². The average molecular weight is 241 g/mol. The van der Waals surface area contributed by atoms with Gasteiger partial charge < -0.3 is 15.5 Å². The minimum Gasteiger partial charge on any atom is -0.392 e. The first-order valence-electron chi connectivity index (χ1n) is 6.97. The highest BCUT2D eigenvalue weighted by Gasteiger charge is 2.47. The van der Waals surface area contributed by atoms with E-state index < -0.39 is 5.60 Å². The molecule has 2 saturated carbocycles. The molecule has 0 amide bonds. The summed E-state index contributed by atoms with van der Waals surface area (Å²) in [5, 5.41) is 23.7. The summed E-state index contributed by atoms with van der Waals surface area (Å²) in [5.41, 5.74) is -0.565. The van der Waals surface area contributed by atoms with Gasteiger partial charge in [-0.1, -0.05) is 33.6 Å². The van der Waals surface area contributed by atoms with Crippen molar-refractivity contribution in [3.8, 4) is 0 Å². The molecule has 3 heteroatoms. The van der Waals surface area contributed by atoms with Crippen LogP contribution in [0, 0.1) is 11.3 Å². The third-order valence-electron chi connectivity index (χ3n) is 4.96. The first-order chi connectivity index (χ1) is 7.83. The highest BCUT2D eigenvalue weighted by Crippen LogP contribution is 2.41. The summed E-state index contributed by atoms with van der Waals surface area (Å²) < 4.78 is 0. The summed E-state index contributed by atoms with van der Waals surface area (Å²) in [5.74, 6) is 0.635. The lowest BCUT2D eigenvalue weighted by molar-refractivity contribution is -0.0850. The lowest BCUT2D eigenvalue weighted by Gasteiger charge is -2.51. The Bertz CT molecular complexity index is 279. The van der Waals surface area contributed by atoms with Crippen LogP contribution in [0.3, 0.4) is 0 Å². The minimum atomic E-state index is -0.520. The first kappa shape index (κ1) is 13.3. The van der Waals surface area contributed by atoms with Gasteiger partial charge in [-0.2, -0.15) is 0 Å². The van der Waals surface area contributed by atoms with E-state index in [1.54, 1.807) is 0 Å². The number of nitrogens with one attached hydrogen (secondary N) is 1. The Labute approximate surface area is 105 Å². The lowest BCUT2D eigenvalue weighted by atomic mass is 9.64. The molecule has 2 rings (SSSR count). The highest BCUT2D eigenvalue weighted by atomic mass is 16.3. The van der Waals surface area contributed by atoms with Gasteiger partial charge in [0, 0.05) is 18.0 Å². The second kappa shape index (κ2) is 4.52. The Morgan fingerprint density at radius 1 is 1.35 bits per heavy atom. The molecule has 0 spiro atoms. The fraction of sp³-hybridized carbons (Fsp3) is 1.00. The molecule has 4 atom stereocenters. The van der Waals surface area contributed by atoms with Crippen molar-refractivity contribution < 1.29 is 10.2 Å². The second-order valence-electron chi connectivity index (χ2n) is 6.93. The Hall–Kier alpha value is -0.120. The summed E-state index contributed by atoms with van der Waals surface area (Å²) >= 11 is 0. The summed E-state index contributed by atoms with van der Waals surface area (Å²) in [4.78, 5) is 0. The summed E-state index contributed by atoms with van der Waals surface area (Å²) in [6, 6.07) is 0.346. The van der Waals surface area contributed by atoms with Crippen LogP contribution in [0.1, 0.15) is 52.9 Å². The van der Waals surface area contributed by atoms with E-state index in [0.29, 0.717) is 18.5 Å². The SMILES string of the molecule is CC1CCCC(O)(CNC2CC(O)C2(C)C)C1. The molecule has 0 aromatic rings. The van der Waals surface area contributed by atoms with Gasteiger partial charge in [0.25, 0.3) is 0 Å². The Morgan fingerprint density at radius 3 is 2.59 bits per heavy atom. The topological polar surface area (TPSA) is 52.5 Å². The third-order valence-corrected chi connectivity index (χ3v) is 4.96. The van der Waals surface area contributed by atoms with Gasteiger partial charge >= 0.3 is 0 Å². The molecule has 17 heavy (non-hydrogen) atoms. The summed E-state index contributed by atoms with van der Waals surface area (Å²) in [6.45, 7) is 7.08. The van der Waals surface area contributed by atoms with E-state index in [2.05, 4.69) is 26.1 Å². The van der Waals surface area contributed by atoms with Gasteiger partial charge in [-0.15, -0.1) is 0 Å². The molecule has 0 aliphatic heterocycles. The molecule has 2 aliphatic carbocycles. The van der Waals surface area contributed by atoms with E-state index in [-0.39, 0.29) is 11.5 Å². The maximum atomic E-state index is 10.5. The van der Waals surface area contributed by atoms with E-state index in [4.69, 9.17) is 0 Å². The molecule has 0 radical (unpaired) electrons.